The maximum absolute atomic E-state index is 13.3. The van der Waals surface area contributed by atoms with Crippen LogP contribution in [0.3, 0.4) is 0 Å². The van der Waals surface area contributed by atoms with Crippen LogP contribution in [0.15, 0.2) is 0 Å². The Kier molecular flexibility index (Phi) is 14.3. The first-order chi connectivity index (χ1) is 14.5. The van der Waals surface area contributed by atoms with Gasteiger partial charge in [0.25, 0.3) is 0 Å². The first kappa shape index (κ1) is 30.4. The van der Waals surface area contributed by atoms with E-state index in [1.807, 2.05) is 14.1 Å². The Bertz CT molecular complexity index is 477. The number of nitrogens with zero attached hydrogens (tertiary/aromatic N) is 1. The molecule has 0 heterocycles. The van der Waals surface area contributed by atoms with E-state index in [2.05, 4.69) is 60.3 Å². The van der Waals surface area contributed by atoms with Gasteiger partial charge in [-0.25, -0.2) is 0 Å². The normalized spacial score (nSPS) is 17.3. The Morgan fingerprint density at radius 3 is 1.77 bits per heavy atom. The molecule has 0 bridgehead atoms. The van der Waals surface area contributed by atoms with E-state index in [-0.39, 0.29) is 11.4 Å². The average molecular weight is 440 g/mol. The van der Waals surface area contributed by atoms with Crippen LogP contribution < -0.4 is 0 Å². The molecular weight excluding hydrogens is 382 g/mol. The van der Waals surface area contributed by atoms with E-state index >= 15 is 0 Å². The minimum atomic E-state index is -0.409. The molecule has 0 N–H and O–H groups in total. The van der Waals surface area contributed by atoms with Crippen molar-refractivity contribution < 1.29 is 9.53 Å². The Hall–Kier alpha value is -0.570. The van der Waals surface area contributed by atoms with Crippen molar-refractivity contribution in [3.63, 3.8) is 0 Å². The summed E-state index contributed by atoms with van der Waals surface area (Å²) in [6.45, 7) is 19.7. The molecular formula is C28H57NO2. The maximum Gasteiger partial charge on any atom is 0.311 e. The number of hydrogen-bond acceptors (Lipinski definition) is 3. The number of carbonyl (C=O) groups excluding carboxylic acids is 1. The Balaban J connectivity index is 5.98. The molecule has 0 aliphatic carbocycles. The third kappa shape index (κ3) is 9.44. The zero-order valence-electron chi connectivity index (χ0n) is 23.0. The van der Waals surface area contributed by atoms with Crippen LogP contribution in [0.25, 0.3) is 0 Å². The molecule has 0 saturated heterocycles. The van der Waals surface area contributed by atoms with Crippen molar-refractivity contribution in [2.45, 2.75) is 126 Å². The van der Waals surface area contributed by atoms with Crippen molar-refractivity contribution in [1.29, 1.82) is 0 Å². The molecule has 31 heavy (non-hydrogen) atoms. The van der Waals surface area contributed by atoms with Gasteiger partial charge in [-0.3, -0.25) is 4.79 Å². The molecule has 3 heteroatoms. The van der Waals surface area contributed by atoms with Gasteiger partial charge < -0.3 is 9.64 Å². The van der Waals surface area contributed by atoms with Gasteiger partial charge >= 0.3 is 5.97 Å². The molecule has 0 spiro atoms. The molecule has 0 radical (unpaired) electrons. The standard InChI is InChI=1S/C28H57NO2/c1-11-18-24(12-2)21-28(17-7,23-27(14-4,15-5)16-6)22-26(8,13-3)25(30)31-20-19-29(9)10/h24H,11-23H2,1-10H3. The van der Waals surface area contributed by atoms with Crippen molar-refractivity contribution in [1.82, 2.24) is 4.90 Å². The first-order valence-electron chi connectivity index (χ1n) is 13.4. The number of esters is 1. The minimum absolute atomic E-state index is 0.00769. The summed E-state index contributed by atoms with van der Waals surface area (Å²) in [6.07, 6.45) is 12.9. The summed E-state index contributed by atoms with van der Waals surface area (Å²) in [4.78, 5) is 15.4. The highest BCUT2D eigenvalue weighted by molar-refractivity contribution is 5.76. The second kappa shape index (κ2) is 14.6. The molecule has 0 rings (SSSR count). The maximum atomic E-state index is 13.3. The lowest BCUT2D eigenvalue weighted by Crippen LogP contribution is -2.41. The largest absolute Gasteiger partial charge is 0.464 e. The second-order valence-corrected chi connectivity index (χ2v) is 10.9. The summed E-state index contributed by atoms with van der Waals surface area (Å²) in [7, 11) is 4.04. The van der Waals surface area contributed by atoms with Crippen LogP contribution in [0.5, 0.6) is 0 Å². The molecule has 0 saturated carbocycles. The monoisotopic (exact) mass is 439 g/mol. The van der Waals surface area contributed by atoms with Gasteiger partial charge in [0.1, 0.15) is 6.61 Å². The molecule has 0 aliphatic heterocycles. The highest BCUT2D eigenvalue weighted by atomic mass is 16.5. The zero-order chi connectivity index (χ0) is 24.1. The van der Waals surface area contributed by atoms with Crippen LogP contribution in [0.2, 0.25) is 0 Å². The molecule has 0 aliphatic rings. The summed E-state index contributed by atoms with van der Waals surface area (Å²) in [5, 5.41) is 0. The first-order valence-corrected chi connectivity index (χ1v) is 13.4. The van der Waals surface area contributed by atoms with Crippen LogP contribution in [-0.2, 0) is 9.53 Å². The Morgan fingerprint density at radius 1 is 0.839 bits per heavy atom. The molecule has 3 nitrogen and oxygen atoms in total. The quantitative estimate of drug-likeness (QED) is 0.202. The predicted octanol–water partition coefficient (Wildman–Crippen LogP) is 8.12. The van der Waals surface area contributed by atoms with Gasteiger partial charge in [0.05, 0.1) is 5.41 Å². The van der Waals surface area contributed by atoms with Gasteiger partial charge in [0.15, 0.2) is 0 Å². The lowest BCUT2D eigenvalue weighted by molar-refractivity contribution is -0.158. The Morgan fingerprint density at radius 2 is 1.39 bits per heavy atom. The SMILES string of the molecule is CCCC(CC)CC(CC)(CC(CC)(CC)CC)CC(C)(CC)C(=O)OCCN(C)C. The third-order valence-electron chi connectivity index (χ3n) is 8.56. The smallest absolute Gasteiger partial charge is 0.311 e. The van der Waals surface area contributed by atoms with Gasteiger partial charge in [-0.1, -0.05) is 93.4 Å². The van der Waals surface area contributed by atoms with Crippen LogP contribution in [-0.4, -0.2) is 38.1 Å². The molecule has 0 amide bonds. The minimum Gasteiger partial charge on any atom is -0.464 e. The molecule has 0 aromatic rings. The summed E-state index contributed by atoms with van der Waals surface area (Å²) in [5.41, 5.74) is 0.168. The van der Waals surface area contributed by atoms with Crippen LogP contribution in [0.4, 0.5) is 0 Å². The van der Waals surface area contributed by atoms with Crippen LogP contribution >= 0.6 is 0 Å². The Labute approximate surface area is 196 Å². The molecule has 0 aromatic carbocycles. The summed E-state index contributed by atoms with van der Waals surface area (Å²) >= 11 is 0. The van der Waals surface area contributed by atoms with Crippen molar-refractivity contribution in [3.05, 3.63) is 0 Å². The molecule has 186 valence electrons. The summed E-state index contributed by atoms with van der Waals surface area (Å²) in [5.74, 6) is 0.757. The van der Waals surface area contributed by atoms with Crippen molar-refractivity contribution in [3.8, 4) is 0 Å². The molecule has 3 atom stereocenters. The van der Waals surface area contributed by atoms with Crippen molar-refractivity contribution >= 4 is 5.97 Å². The fourth-order valence-electron chi connectivity index (χ4n) is 5.66. The van der Waals surface area contributed by atoms with E-state index in [9.17, 15) is 4.79 Å². The number of ether oxygens (including phenoxy) is 1. The van der Waals surface area contributed by atoms with E-state index in [0.717, 1.165) is 31.7 Å². The van der Waals surface area contributed by atoms with E-state index in [0.29, 0.717) is 12.0 Å². The fraction of sp³-hybridized carbons (Fsp3) is 0.964. The van der Waals surface area contributed by atoms with Crippen LogP contribution in [0.1, 0.15) is 126 Å². The predicted molar refractivity (Wildman–Crippen MR) is 136 cm³/mol. The fourth-order valence-corrected chi connectivity index (χ4v) is 5.66. The average Bonchev–Trinajstić information content (AvgIpc) is 2.76. The number of rotatable bonds is 18. The van der Waals surface area contributed by atoms with Crippen LogP contribution in [0, 0.1) is 22.2 Å². The third-order valence-corrected chi connectivity index (χ3v) is 8.56. The summed E-state index contributed by atoms with van der Waals surface area (Å²) < 4.78 is 5.81. The molecule has 0 fully saturated rings. The lowest BCUT2D eigenvalue weighted by Gasteiger charge is -2.47. The lowest BCUT2D eigenvalue weighted by atomic mass is 9.57. The molecule has 0 aromatic heterocycles. The van der Waals surface area contributed by atoms with E-state index in [1.165, 1.54) is 51.4 Å². The van der Waals surface area contributed by atoms with Crippen molar-refractivity contribution in [2.75, 3.05) is 27.2 Å². The van der Waals surface area contributed by atoms with E-state index in [4.69, 9.17) is 4.74 Å². The van der Waals surface area contributed by atoms with Crippen molar-refractivity contribution in [2.24, 2.45) is 22.2 Å². The zero-order valence-corrected chi connectivity index (χ0v) is 23.0. The highest BCUT2D eigenvalue weighted by Gasteiger charge is 2.46. The van der Waals surface area contributed by atoms with Gasteiger partial charge in [0, 0.05) is 6.54 Å². The highest BCUT2D eigenvalue weighted by Crippen LogP contribution is 2.53. The van der Waals surface area contributed by atoms with Gasteiger partial charge in [0.2, 0.25) is 0 Å². The second-order valence-electron chi connectivity index (χ2n) is 10.9. The number of carbonyl (C=O) groups is 1. The number of likely N-dealkylation sites (N-methyl/N-ethyl adjacent to an activating group) is 1. The van der Waals surface area contributed by atoms with Gasteiger partial charge in [-0.05, 0) is 63.5 Å². The molecule has 3 unspecified atom stereocenters. The topological polar surface area (TPSA) is 29.5 Å². The van der Waals surface area contributed by atoms with Gasteiger partial charge in [-0.2, -0.15) is 0 Å². The van der Waals surface area contributed by atoms with E-state index < -0.39 is 5.41 Å². The number of hydrogen-bond donors (Lipinski definition) is 0. The summed E-state index contributed by atoms with van der Waals surface area (Å²) in [6, 6.07) is 0. The van der Waals surface area contributed by atoms with Gasteiger partial charge in [-0.15, -0.1) is 0 Å². The van der Waals surface area contributed by atoms with E-state index in [1.54, 1.807) is 0 Å².